The van der Waals surface area contributed by atoms with Crippen molar-refractivity contribution in [3.63, 3.8) is 0 Å². The molecule has 6 heteroatoms. The van der Waals surface area contributed by atoms with E-state index in [0.717, 1.165) is 15.6 Å². The van der Waals surface area contributed by atoms with Crippen molar-refractivity contribution in [2.24, 2.45) is 0 Å². The van der Waals surface area contributed by atoms with Crippen LogP contribution in [0.4, 0.5) is 0 Å². The van der Waals surface area contributed by atoms with Gasteiger partial charge in [-0.15, -0.1) is 0 Å². The molecule has 0 aliphatic heterocycles. The molecule has 0 heterocycles. The lowest BCUT2D eigenvalue weighted by Gasteiger charge is -2.28. The molecule has 162 valence electrons. The largest absolute Gasteiger partial charge is 0.483 e. The van der Waals surface area contributed by atoms with E-state index in [1.54, 1.807) is 11.8 Å². The Morgan fingerprint density at radius 2 is 1.77 bits per heavy atom. The summed E-state index contributed by atoms with van der Waals surface area (Å²) in [6.07, 6.45) is 0. The maximum atomic E-state index is 13.0. The second-order valence-electron chi connectivity index (χ2n) is 7.71. The lowest BCUT2D eigenvalue weighted by atomic mass is 10.0. The van der Waals surface area contributed by atoms with Gasteiger partial charge in [-0.05, 0) is 65.9 Å². The third kappa shape index (κ3) is 6.59. The number of likely N-dealkylation sites (N-methyl/N-ethyl adjacent to an activating group) is 1. The maximum absolute atomic E-state index is 13.0. The monoisotopic (exact) mass is 474 g/mol. The molecule has 2 aromatic carbocycles. The highest BCUT2D eigenvalue weighted by Gasteiger charge is 2.26. The van der Waals surface area contributed by atoms with E-state index >= 15 is 0 Å². The van der Waals surface area contributed by atoms with Crippen LogP contribution < -0.4 is 10.1 Å². The average Bonchev–Trinajstić information content (AvgIpc) is 2.71. The van der Waals surface area contributed by atoms with Crippen molar-refractivity contribution in [1.29, 1.82) is 0 Å². The van der Waals surface area contributed by atoms with E-state index in [-0.39, 0.29) is 18.4 Å². The van der Waals surface area contributed by atoms with E-state index in [1.807, 2.05) is 56.3 Å². The number of nitrogens with one attached hydrogen (secondary N) is 1. The first kappa shape index (κ1) is 23.9. The number of halogens is 1. The van der Waals surface area contributed by atoms with Gasteiger partial charge in [-0.2, -0.15) is 0 Å². The minimum Gasteiger partial charge on any atom is -0.483 e. The molecule has 2 amide bonds. The number of amides is 2. The Kier molecular flexibility index (Phi) is 8.90. The van der Waals surface area contributed by atoms with Gasteiger partial charge in [0.1, 0.15) is 11.8 Å². The van der Waals surface area contributed by atoms with E-state index in [2.05, 4.69) is 35.1 Å². The standard InChI is InChI=1S/C24H31BrN2O3/c1-6-26-24(29)18(5)27(14-19-9-7-17(4)8-10-19)23(28)15-30-22-12-11-20(16(2)3)13-21(22)25/h7-13,16,18H,6,14-15H2,1-5H3,(H,26,29)/t18-/m1/s1. The van der Waals surface area contributed by atoms with Gasteiger partial charge in [0, 0.05) is 13.1 Å². The maximum Gasteiger partial charge on any atom is 0.261 e. The van der Waals surface area contributed by atoms with Crippen LogP contribution in [0.1, 0.15) is 50.3 Å². The summed E-state index contributed by atoms with van der Waals surface area (Å²) in [7, 11) is 0. The Bertz CT molecular complexity index is 865. The van der Waals surface area contributed by atoms with Crippen LogP contribution in [0.15, 0.2) is 46.9 Å². The Morgan fingerprint density at radius 3 is 2.33 bits per heavy atom. The fourth-order valence-electron chi connectivity index (χ4n) is 3.01. The number of nitrogens with zero attached hydrogens (tertiary/aromatic N) is 1. The normalized spacial score (nSPS) is 11.8. The molecular weight excluding hydrogens is 444 g/mol. The quantitative estimate of drug-likeness (QED) is 0.566. The summed E-state index contributed by atoms with van der Waals surface area (Å²) >= 11 is 3.52. The van der Waals surface area contributed by atoms with Crippen molar-refractivity contribution >= 4 is 27.7 Å². The molecule has 5 nitrogen and oxygen atoms in total. The van der Waals surface area contributed by atoms with Gasteiger partial charge in [0.25, 0.3) is 5.91 Å². The average molecular weight is 475 g/mol. The van der Waals surface area contributed by atoms with Crippen molar-refractivity contribution in [2.45, 2.75) is 53.1 Å². The summed E-state index contributed by atoms with van der Waals surface area (Å²) < 4.78 is 6.60. The number of benzene rings is 2. The second kappa shape index (κ2) is 11.2. The van der Waals surface area contributed by atoms with Crippen molar-refractivity contribution in [1.82, 2.24) is 10.2 Å². The first-order valence-electron chi connectivity index (χ1n) is 10.3. The molecule has 0 spiro atoms. The fraction of sp³-hybridized carbons (Fsp3) is 0.417. The van der Waals surface area contributed by atoms with E-state index in [9.17, 15) is 9.59 Å². The molecule has 30 heavy (non-hydrogen) atoms. The number of aryl methyl sites for hydroxylation is 1. The molecule has 0 aliphatic rings. The minimum absolute atomic E-state index is 0.144. The third-order valence-corrected chi connectivity index (χ3v) is 5.59. The SMILES string of the molecule is CCNC(=O)[C@@H](C)N(Cc1ccc(C)cc1)C(=O)COc1ccc(C(C)C)cc1Br. The lowest BCUT2D eigenvalue weighted by molar-refractivity contribution is -0.142. The van der Waals surface area contributed by atoms with Gasteiger partial charge in [-0.1, -0.05) is 49.7 Å². The van der Waals surface area contributed by atoms with Crippen molar-refractivity contribution in [2.75, 3.05) is 13.2 Å². The highest BCUT2D eigenvalue weighted by Crippen LogP contribution is 2.29. The fourth-order valence-corrected chi connectivity index (χ4v) is 3.52. The van der Waals surface area contributed by atoms with Crippen molar-refractivity contribution in [3.05, 3.63) is 63.6 Å². The number of hydrogen-bond donors (Lipinski definition) is 1. The molecule has 0 saturated carbocycles. The van der Waals surface area contributed by atoms with Crippen LogP contribution in [0.5, 0.6) is 5.75 Å². The van der Waals surface area contributed by atoms with Crippen LogP contribution in [-0.2, 0) is 16.1 Å². The van der Waals surface area contributed by atoms with Crippen molar-refractivity contribution in [3.8, 4) is 5.75 Å². The molecule has 1 atom stereocenters. The molecule has 0 bridgehead atoms. The molecule has 0 fully saturated rings. The highest BCUT2D eigenvalue weighted by molar-refractivity contribution is 9.10. The zero-order chi connectivity index (χ0) is 22.3. The van der Waals surface area contributed by atoms with Gasteiger partial charge in [0.05, 0.1) is 4.47 Å². The molecule has 0 saturated heterocycles. The molecule has 2 rings (SSSR count). The second-order valence-corrected chi connectivity index (χ2v) is 8.57. The van der Waals surface area contributed by atoms with Gasteiger partial charge in [-0.3, -0.25) is 9.59 Å². The van der Waals surface area contributed by atoms with Crippen LogP contribution in [0.3, 0.4) is 0 Å². The summed E-state index contributed by atoms with van der Waals surface area (Å²) in [5.74, 6) is 0.586. The smallest absolute Gasteiger partial charge is 0.261 e. The van der Waals surface area contributed by atoms with Gasteiger partial charge in [0.2, 0.25) is 5.91 Å². The predicted molar refractivity (Wildman–Crippen MR) is 124 cm³/mol. The highest BCUT2D eigenvalue weighted by atomic mass is 79.9. The van der Waals surface area contributed by atoms with Gasteiger partial charge >= 0.3 is 0 Å². The zero-order valence-electron chi connectivity index (χ0n) is 18.4. The van der Waals surface area contributed by atoms with E-state index in [4.69, 9.17) is 4.74 Å². The summed E-state index contributed by atoms with van der Waals surface area (Å²) in [6.45, 7) is 10.6. The summed E-state index contributed by atoms with van der Waals surface area (Å²) in [4.78, 5) is 27.0. The Hall–Kier alpha value is -2.34. The first-order valence-corrected chi connectivity index (χ1v) is 11.1. The summed E-state index contributed by atoms with van der Waals surface area (Å²) in [6, 6.07) is 13.2. The number of hydrogen-bond acceptors (Lipinski definition) is 3. The Labute approximate surface area is 187 Å². The number of ether oxygens (including phenoxy) is 1. The number of carbonyl (C=O) groups excluding carboxylic acids is 2. The topological polar surface area (TPSA) is 58.6 Å². The molecule has 1 N–H and O–H groups in total. The molecular formula is C24H31BrN2O3. The van der Waals surface area contributed by atoms with Crippen LogP contribution in [0.2, 0.25) is 0 Å². The third-order valence-electron chi connectivity index (χ3n) is 4.97. The summed E-state index contributed by atoms with van der Waals surface area (Å²) in [5, 5.41) is 2.79. The Balaban J connectivity index is 2.15. The number of rotatable bonds is 9. The number of carbonyl (C=O) groups is 2. The van der Waals surface area contributed by atoms with E-state index in [1.165, 1.54) is 5.56 Å². The van der Waals surface area contributed by atoms with Gasteiger partial charge < -0.3 is 15.0 Å². The molecule has 0 aliphatic carbocycles. The first-order chi connectivity index (χ1) is 14.2. The lowest BCUT2D eigenvalue weighted by Crippen LogP contribution is -2.49. The van der Waals surface area contributed by atoms with E-state index < -0.39 is 6.04 Å². The van der Waals surface area contributed by atoms with Crippen molar-refractivity contribution < 1.29 is 14.3 Å². The molecule has 2 aromatic rings. The predicted octanol–water partition coefficient (Wildman–Crippen LogP) is 4.81. The van der Waals surface area contributed by atoms with Crippen LogP contribution in [0, 0.1) is 6.92 Å². The van der Waals surface area contributed by atoms with E-state index in [0.29, 0.717) is 24.8 Å². The van der Waals surface area contributed by atoms with Crippen LogP contribution >= 0.6 is 15.9 Å². The molecule has 0 radical (unpaired) electrons. The van der Waals surface area contributed by atoms with Gasteiger partial charge in [0.15, 0.2) is 6.61 Å². The molecule has 0 aromatic heterocycles. The molecule has 0 unspecified atom stereocenters. The minimum atomic E-state index is -0.603. The summed E-state index contributed by atoms with van der Waals surface area (Å²) in [5.41, 5.74) is 3.30. The van der Waals surface area contributed by atoms with Crippen LogP contribution in [-0.4, -0.2) is 35.9 Å². The zero-order valence-corrected chi connectivity index (χ0v) is 20.0. The van der Waals surface area contributed by atoms with Gasteiger partial charge in [-0.25, -0.2) is 0 Å². The Morgan fingerprint density at radius 1 is 1.10 bits per heavy atom. The van der Waals surface area contributed by atoms with Crippen LogP contribution in [0.25, 0.3) is 0 Å².